The molecule has 0 saturated heterocycles. The molecule has 1 aromatic heterocycles. The molecule has 0 aliphatic heterocycles. The van der Waals surface area contributed by atoms with Crippen molar-refractivity contribution in [1.82, 2.24) is 25.5 Å². The SMILES string of the molecule is CCCNCCn1nnnc1SCC1(O)CCCC1. The molecular weight excluding hydrogens is 262 g/mol. The Bertz CT molecular complexity index is 378. The van der Waals surface area contributed by atoms with Crippen LogP contribution in [0.25, 0.3) is 0 Å². The Morgan fingerprint density at radius 1 is 1.37 bits per heavy atom. The molecule has 2 rings (SSSR count). The quantitative estimate of drug-likeness (QED) is 0.550. The van der Waals surface area contributed by atoms with Crippen molar-refractivity contribution in [2.75, 3.05) is 18.8 Å². The predicted octanol–water partition coefficient (Wildman–Crippen LogP) is 1.07. The molecule has 1 aliphatic rings. The van der Waals surface area contributed by atoms with Crippen LogP contribution in [0.5, 0.6) is 0 Å². The molecule has 1 heterocycles. The van der Waals surface area contributed by atoms with Gasteiger partial charge in [0.1, 0.15) is 0 Å². The maximum atomic E-state index is 10.3. The summed E-state index contributed by atoms with van der Waals surface area (Å²) < 4.78 is 1.81. The summed E-state index contributed by atoms with van der Waals surface area (Å²) >= 11 is 1.56. The molecule has 6 nitrogen and oxygen atoms in total. The van der Waals surface area contributed by atoms with E-state index in [9.17, 15) is 5.11 Å². The summed E-state index contributed by atoms with van der Waals surface area (Å²) in [6, 6.07) is 0. The first kappa shape index (κ1) is 14.7. The lowest BCUT2D eigenvalue weighted by atomic mass is 10.1. The zero-order chi connectivity index (χ0) is 13.6. The number of rotatable bonds is 8. The molecule has 0 atom stereocenters. The maximum absolute atomic E-state index is 10.3. The summed E-state index contributed by atoms with van der Waals surface area (Å²) in [5.41, 5.74) is -0.512. The molecule has 0 amide bonds. The van der Waals surface area contributed by atoms with Crippen LogP contribution in [0, 0.1) is 0 Å². The van der Waals surface area contributed by atoms with Crippen molar-refractivity contribution >= 4 is 11.8 Å². The third-order valence-corrected chi connectivity index (χ3v) is 4.66. The molecule has 19 heavy (non-hydrogen) atoms. The molecule has 7 heteroatoms. The molecule has 1 saturated carbocycles. The van der Waals surface area contributed by atoms with Crippen molar-refractivity contribution in [3.63, 3.8) is 0 Å². The number of aromatic nitrogens is 4. The first-order valence-electron chi connectivity index (χ1n) is 7.05. The van der Waals surface area contributed by atoms with E-state index < -0.39 is 5.60 Å². The van der Waals surface area contributed by atoms with Crippen LogP contribution < -0.4 is 5.32 Å². The largest absolute Gasteiger partial charge is 0.389 e. The van der Waals surface area contributed by atoms with Crippen LogP contribution in [-0.2, 0) is 6.54 Å². The van der Waals surface area contributed by atoms with Crippen molar-refractivity contribution in [3.8, 4) is 0 Å². The molecule has 1 aromatic rings. The smallest absolute Gasteiger partial charge is 0.209 e. The van der Waals surface area contributed by atoms with Crippen LogP contribution in [0.2, 0.25) is 0 Å². The van der Waals surface area contributed by atoms with Crippen LogP contribution in [0.3, 0.4) is 0 Å². The average Bonchev–Trinajstić information content (AvgIpc) is 3.02. The maximum Gasteiger partial charge on any atom is 0.209 e. The van der Waals surface area contributed by atoms with Crippen LogP contribution >= 0.6 is 11.8 Å². The highest BCUT2D eigenvalue weighted by Crippen LogP contribution is 2.33. The molecule has 0 bridgehead atoms. The molecule has 1 fully saturated rings. The summed E-state index contributed by atoms with van der Waals surface area (Å²) in [4.78, 5) is 0. The Balaban J connectivity index is 1.78. The molecule has 0 radical (unpaired) electrons. The van der Waals surface area contributed by atoms with E-state index in [0.717, 1.165) is 56.9 Å². The number of aliphatic hydroxyl groups is 1. The van der Waals surface area contributed by atoms with Gasteiger partial charge >= 0.3 is 0 Å². The summed E-state index contributed by atoms with van der Waals surface area (Å²) in [7, 11) is 0. The Morgan fingerprint density at radius 3 is 2.89 bits per heavy atom. The Morgan fingerprint density at radius 2 is 2.16 bits per heavy atom. The highest BCUT2D eigenvalue weighted by atomic mass is 32.2. The first-order valence-corrected chi connectivity index (χ1v) is 8.04. The molecule has 2 N–H and O–H groups in total. The van der Waals surface area contributed by atoms with E-state index in [1.165, 1.54) is 0 Å². The van der Waals surface area contributed by atoms with E-state index in [-0.39, 0.29) is 0 Å². The molecule has 0 unspecified atom stereocenters. The number of hydrogen-bond donors (Lipinski definition) is 2. The average molecular weight is 285 g/mol. The van der Waals surface area contributed by atoms with Gasteiger partial charge in [-0.25, -0.2) is 4.68 Å². The van der Waals surface area contributed by atoms with E-state index in [1.54, 1.807) is 11.8 Å². The van der Waals surface area contributed by atoms with Crippen LogP contribution in [0.1, 0.15) is 39.0 Å². The van der Waals surface area contributed by atoms with E-state index in [2.05, 4.69) is 27.8 Å². The zero-order valence-electron chi connectivity index (χ0n) is 11.5. The molecular formula is C12H23N5OS. The fourth-order valence-electron chi connectivity index (χ4n) is 2.30. The fourth-order valence-corrected chi connectivity index (χ4v) is 3.36. The van der Waals surface area contributed by atoms with Gasteiger partial charge in [-0.2, -0.15) is 0 Å². The highest BCUT2D eigenvalue weighted by molar-refractivity contribution is 7.99. The Labute approximate surface area is 118 Å². The monoisotopic (exact) mass is 285 g/mol. The Kier molecular flexibility index (Phi) is 5.59. The van der Waals surface area contributed by atoms with Crippen LogP contribution in [0.15, 0.2) is 5.16 Å². The van der Waals surface area contributed by atoms with E-state index in [0.29, 0.717) is 5.75 Å². The van der Waals surface area contributed by atoms with E-state index in [4.69, 9.17) is 0 Å². The lowest BCUT2D eigenvalue weighted by Crippen LogP contribution is -2.27. The van der Waals surface area contributed by atoms with Crippen LogP contribution in [-0.4, -0.2) is 49.8 Å². The van der Waals surface area contributed by atoms with Gasteiger partial charge in [0, 0.05) is 12.3 Å². The third kappa shape index (κ3) is 4.43. The number of hydrogen-bond acceptors (Lipinski definition) is 6. The van der Waals surface area contributed by atoms with Crippen molar-refractivity contribution in [3.05, 3.63) is 0 Å². The summed E-state index contributed by atoms with van der Waals surface area (Å²) in [5.74, 6) is 0.690. The lowest BCUT2D eigenvalue weighted by molar-refractivity contribution is 0.0732. The molecule has 0 spiro atoms. The van der Waals surface area contributed by atoms with Gasteiger partial charge in [0.05, 0.1) is 12.1 Å². The Hall–Kier alpha value is -0.660. The summed E-state index contributed by atoms with van der Waals surface area (Å²) in [6.07, 6.45) is 5.19. The second-order valence-electron chi connectivity index (χ2n) is 5.15. The lowest BCUT2D eigenvalue weighted by Gasteiger charge is -2.20. The van der Waals surface area contributed by atoms with E-state index >= 15 is 0 Å². The standard InChI is InChI=1S/C12H23N5OS/c1-2-7-13-8-9-17-11(14-15-16-17)19-10-12(18)5-3-4-6-12/h13,18H,2-10H2,1H3. The number of nitrogens with one attached hydrogen (secondary N) is 1. The molecule has 1 aliphatic carbocycles. The van der Waals surface area contributed by atoms with Gasteiger partial charge in [0.15, 0.2) is 0 Å². The summed E-state index contributed by atoms with van der Waals surface area (Å²) in [5, 5.41) is 26.2. The second-order valence-corrected chi connectivity index (χ2v) is 6.10. The van der Waals surface area contributed by atoms with Gasteiger partial charge in [-0.1, -0.05) is 31.5 Å². The second kappa shape index (κ2) is 7.21. The van der Waals surface area contributed by atoms with Gasteiger partial charge in [-0.15, -0.1) is 5.10 Å². The van der Waals surface area contributed by atoms with Gasteiger partial charge in [-0.3, -0.25) is 0 Å². The normalized spacial score (nSPS) is 18.0. The minimum absolute atomic E-state index is 0.512. The zero-order valence-corrected chi connectivity index (χ0v) is 12.3. The van der Waals surface area contributed by atoms with Crippen molar-refractivity contribution in [1.29, 1.82) is 0 Å². The van der Waals surface area contributed by atoms with E-state index in [1.807, 2.05) is 4.68 Å². The molecule has 0 aromatic carbocycles. The summed E-state index contributed by atoms with van der Waals surface area (Å²) in [6.45, 7) is 4.81. The van der Waals surface area contributed by atoms with Crippen molar-refractivity contribution in [2.45, 2.75) is 56.3 Å². The predicted molar refractivity (Wildman–Crippen MR) is 75.1 cm³/mol. The topological polar surface area (TPSA) is 75.9 Å². The number of nitrogens with zero attached hydrogens (tertiary/aromatic N) is 4. The first-order chi connectivity index (χ1) is 9.23. The van der Waals surface area contributed by atoms with Gasteiger partial charge in [0.2, 0.25) is 5.16 Å². The van der Waals surface area contributed by atoms with Gasteiger partial charge in [0.25, 0.3) is 0 Å². The molecule has 108 valence electrons. The van der Waals surface area contributed by atoms with Crippen molar-refractivity contribution in [2.24, 2.45) is 0 Å². The fraction of sp³-hybridized carbons (Fsp3) is 0.917. The minimum Gasteiger partial charge on any atom is -0.389 e. The number of tetrazole rings is 1. The third-order valence-electron chi connectivity index (χ3n) is 3.43. The van der Waals surface area contributed by atoms with Crippen molar-refractivity contribution < 1.29 is 5.11 Å². The van der Waals surface area contributed by atoms with Gasteiger partial charge < -0.3 is 10.4 Å². The highest BCUT2D eigenvalue weighted by Gasteiger charge is 2.31. The minimum atomic E-state index is -0.512. The van der Waals surface area contributed by atoms with Crippen LogP contribution in [0.4, 0.5) is 0 Å². The van der Waals surface area contributed by atoms with Gasteiger partial charge in [-0.05, 0) is 36.2 Å². The number of thioether (sulfide) groups is 1.